The molecule has 0 spiro atoms. The molecule has 86 valence electrons. The number of aliphatic carboxylic acids is 1. The van der Waals surface area contributed by atoms with Crippen LogP contribution in [-0.2, 0) is 4.79 Å². The molecule has 1 aromatic heterocycles. The van der Waals surface area contributed by atoms with Gasteiger partial charge in [-0.15, -0.1) is 0 Å². The van der Waals surface area contributed by atoms with E-state index in [0.29, 0.717) is 12.4 Å². The Balaban J connectivity index is 2.01. The largest absolute Gasteiger partial charge is 0.481 e. The lowest BCUT2D eigenvalue weighted by molar-refractivity contribution is -0.140. The lowest BCUT2D eigenvalue weighted by Gasteiger charge is -2.11. The summed E-state index contributed by atoms with van der Waals surface area (Å²) in [6.07, 6.45) is 5.38. The zero-order valence-corrected chi connectivity index (χ0v) is 8.87. The lowest BCUT2D eigenvalue weighted by Crippen LogP contribution is -2.20. The van der Waals surface area contributed by atoms with Crippen molar-refractivity contribution in [2.24, 2.45) is 5.92 Å². The molecule has 2 atom stereocenters. The Hall–Kier alpha value is -2.42. The highest BCUT2D eigenvalue weighted by molar-refractivity contribution is 5.73. The highest BCUT2D eigenvalue weighted by Crippen LogP contribution is 2.20. The summed E-state index contributed by atoms with van der Waals surface area (Å²) in [5, 5.41) is 20.5. The Morgan fingerprint density at radius 1 is 1.59 bits per heavy atom. The maximum absolute atomic E-state index is 10.7. The minimum absolute atomic E-state index is 0.106. The number of carboxylic acids is 1. The number of hydrogen-bond acceptors (Lipinski definition) is 5. The van der Waals surface area contributed by atoms with Crippen LogP contribution in [0, 0.1) is 17.2 Å². The van der Waals surface area contributed by atoms with Gasteiger partial charge in [-0.25, -0.2) is 9.97 Å². The van der Waals surface area contributed by atoms with Crippen LogP contribution in [0.1, 0.15) is 12.1 Å². The number of rotatable bonds is 3. The van der Waals surface area contributed by atoms with Crippen molar-refractivity contribution < 1.29 is 9.90 Å². The summed E-state index contributed by atoms with van der Waals surface area (Å²) >= 11 is 0. The van der Waals surface area contributed by atoms with E-state index in [1.807, 2.05) is 6.07 Å². The molecule has 1 aliphatic rings. The van der Waals surface area contributed by atoms with Crippen LogP contribution in [0.3, 0.4) is 0 Å². The molecular weight excluding hydrogens is 220 g/mol. The van der Waals surface area contributed by atoms with Crippen molar-refractivity contribution in [3.8, 4) is 6.07 Å². The van der Waals surface area contributed by atoms with Gasteiger partial charge in [-0.1, -0.05) is 12.2 Å². The number of aromatic nitrogens is 2. The van der Waals surface area contributed by atoms with E-state index in [4.69, 9.17) is 10.4 Å². The fraction of sp³-hybridized carbons (Fsp3) is 0.273. The molecule has 0 fully saturated rings. The number of nitriles is 1. The summed E-state index contributed by atoms with van der Waals surface area (Å²) in [7, 11) is 0. The molecule has 2 rings (SSSR count). The van der Waals surface area contributed by atoms with Crippen molar-refractivity contribution in [3.63, 3.8) is 0 Å². The average molecular weight is 230 g/mol. The zero-order valence-electron chi connectivity index (χ0n) is 8.87. The molecular formula is C11H10N4O2. The predicted molar refractivity (Wildman–Crippen MR) is 59.0 cm³/mol. The van der Waals surface area contributed by atoms with Gasteiger partial charge in [-0.3, -0.25) is 4.79 Å². The zero-order chi connectivity index (χ0) is 12.3. The molecule has 0 saturated carbocycles. The first-order valence-corrected chi connectivity index (χ1v) is 5.10. The van der Waals surface area contributed by atoms with Crippen LogP contribution in [0.4, 0.5) is 5.95 Å². The standard InChI is InChI=1S/C11H10N4O2/c12-6-9-3-4-13-11(15-9)14-8-2-1-7(5-8)10(16)17/h1-4,7-8H,5H2,(H,16,17)(H,13,14,15). The van der Waals surface area contributed by atoms with E-state index in [9.17, 15) is 4.79 Å². The lowest BCUT2D eigenvalue weighted by atomic mass is 10.1. The molecule has 1 heterocycles. The first-order valence-electron chi connectivity index (χ1n) is 5.10. The first-order chi connectivity index (χ1) is 8.19. The van der Waals surface area contributed by atoms with Crippen molar-refractivity contribution in [1.29, 1.82) is 5.26 Å². The highest BCUT2D eigenvalue weighted by atomic mass is 16.4. The maximum Gasteiger partial charge on any atom is 0.310 e. The Bertz CT molecular complexity index is 506. The average Bonchev–Trinajstić information content (AvgIpc) is 2.78. The molecule has 0 saturated heterocycles. The summed E-state index contributed by atoms with van der Waals surface area (Å²) < 4.78 is 0. The second kappa shape index (κ2) is 4.61. The van der Waals surface area contributed by atoms with Crippen LogP contribution in [0.5, 0.6) is 0 Å². The minimum atomic E-state index is -0.836. The van der Waals surface area contributed by atoms with E-state index < -0.39 is 11.9 Å². The second-order valence-corrected chi connectivity index (χ2v) is 3.69. The number of carboxylic acid groups (broad SMARTS) is 1. The van der Waals surface area contributed by atoms with Gasteiger partial charge in [0.25, 0.3) is 0 Å². The normalized spacial score (nSPS) is 22.1. The minimum Gasteiger partial charge on any atom is -0.481 e. The summed E-state index contributed by atoms with van der Waals surface area (Å²) in [6.45, 7) is 0. The third-order valence-electron chi connectivity index (χ3n) is 2.49. The molecule has 1 aromatic rings. The van der Waals surface area contributed by atoms with E-state index in [0.717, 1.165) is 0 Å². The quantitative estimate of drug-likeness (QED) is 0.745. The molecule has 0 aromatic carbocycles. The number of nitrogens with zero attached hydrogens (tertiary/aromatic N) is 3. The summed E-state index contributed by atoms with van der Waals surface area (Å²) in [4.78, 5) is 18.7. The van der Waals surface area contributed by atoms with Gasteiger partial charge in [-0.05, 0) is 12.5 Å². The number of anilines is 1. The molecule has 0 radical (unpaired) electrons. The van der Waals surface area contributed by atoms with Gasteiger partial charge in [0.1, 0.15) is 11.8 Å². The fourth-order valence-corrected chi connectivity index (χ4v) is 1.65. The van der Waals surface area contributed by atoms with Crippen LogP contribution in [0.2, 0.25) is 0 Å². The van der Waals surface area contributed by atoms with E-state index in [-0.39, 0.29) is 11.7 Å². The van der Waals surface area contributed by atoms with Gasteiger partial charge in [0.05, 0.1) is 5.92 Å². The van der Waals surface area contributed by atoms with Crippen LogP contribution < -0.4 is 5.32 Å². The third kappa shape index (κ3) is 2.58. The van der Waals surface area contributed by atoms with Crippen LogP contribution >= 0.6 is 0 Å². The van der Waals surface area contributed by atoms with E-state index in [1.165, 1.54) is 12.3 Å². The van der Waals surface area contributed by atoms with Gasteiger partial charge in [0.2, 0.25) is 5.95 Å². The predicted octanol–water partition coefficient (Wildman–Crippen LogP) is 0.789. The molecule has 0 aliphatic heterocycles. The van der Waals surface area contributed by atoms with Crippen molar-refractivity contribution in [2.75, 3.05) is 5.32 Å². The molecule has 2 N–H and O–H groups in total. The van der Waals surface area contributed by atoms with Gasteiger partial charge in [0, 0.05) is 12.2 Å². The van der Waals surface area contributed by atoms with Crippen molar-refractivity contribution in [3.05, 3.63) is 30.1 Å². The Morgan fingerprint density at radius 2 is 2.41 bits per heavy atom. The summed E-state index contributed by atoms with van der Waals surface area (Å²) in [6, 6.07) is 3.32. The fourth-order valence-electron chi connectivity index (χ4n) is 1.65. The van der Waals surface area contributed by atoms with Gasteiger partial charge < -0.3 is 10.4 Å². The number of hydrogen-bond donors (Lipinski definition) is 2. The van der Waals surface area contributed by atoms with E-state index >= 15 is 0 Å². The second-order valence-electron chi connectivity index (χ2n) is 3.69. The Labute approximate surface area is 97.6 Å². The summed E-state index contributed by atoms with van der Waals surface area (Å²) in [5.74, 6) is -0.964. The van der Waals surface area contributed by atoms with Crippen LogP contribution in [-0.4, -0.2) is 27.1 Å². The third-order valence-corrected chi connectivity index (χ3v) is 2.49. The van der Waals surface area contributed by atoms with Crippen LogP contribution in [0.25, 0.3) is 0 Å². The van der Waals surface area contributed by atoms with E-state index in [1.54, 1.807) is 12.2 Å². The van der Waals surface area contributed by atoms with Gasteiger partial charge >= 0.3 is 5.97 Å². The first kappa shape index (κ1) is 11.1. The van der Waals surface area contributed by atoms with Crippen molar-refractivity contribution >= 4 is 11.9 Å². The molecule has 2 unspecified atom stereocenters. The Kier molecular flexibility index (Phi) is 3.01. The van der Waals surface area contributed by atoms with Crippen molar-refractivity contribution in [1.82, 2.24) is 9.97 Å². The van der Waals surface area contributed by atoms with Crippen LogP contribution in [0.15, 0.2) is 24.4 Å². The highest BCUT2D eigenvalue weighted by Gasteiger charge is 2.24. The molecule has 0 bridgehead atoms. The molecule has 6 nitrogen and oxygen atoms in total. The van der Waals surface area contributed by atoms with Crippen molar-refractivity contribution in [2.45, 2.75) is 12.5 Å². The van der Waals surface area contributed by atoms with Gasteiger partial charge in [-0.2, -0.15) is 5.26 Å². The monoisotopic (exact) mass is 230 g/mol. The summed E-state index contributed by atoms with van der Waals surface area (Å²) in [5.41, 5.74) is 0.277. The number of nitrogens with one attached hydrogen (secondary N) is 1. The van der Waals surface area contributed by atoms with Gasteiger partial charge in [0.15, 0.2) is 0 Å². The molecule has 17 heavy (non-hydrogen) atoms. The maximum atomic E-state index is 10.7. The number of carbonyl (C=O) groups is 1. The topological polar surface area (TPSA) is 98.9 Å². The molecule has 0 amide bonds. The van der Waals surface area contributed by atoms with E-state index in [2.05, 4.69) is 15.3 Å². The Morgan fingerprint density at radius 3 is 3.06 bits per heavy atom. The smallest absolute Gasteiger partial charge is 0.310 e. The molecule has 6 heteroatoms. The SMILES string of the molecule is N#Cc1ccnc(NC2C=CC(C(=O)O)C2)n1. The molecule has 1 aliphatic carbocycles.